The van der Waals surface area contributed by atoms with Gasteiger partial charge in [-0.15, -0.1) is 4.40 Å². The molecule has 1 amide bonds. The summed E-state index contributed by atoms with van der Waals surface area (Å²) in [6.45, 7) is 10.9. The minimum Gasteiger partial charge on any atom is -0.458 e. The molecule has 42 heavy (non-hydrogen) atoms. The average molecular weight is 608 g/mol. The van der Waals surface area contributed by atoms with Crippen LogP contribution in [0.2, 0.25) is 0 Å². The van der Waals surface area contributed by atoms with Crippen LogP contribution in [0.25, 0.3) is 0 Å². The van der Waals surface area contributed by atoms with E-state index in [4.69, 9.17) is 9.47 Å². The smallest absolute Gasteiger partial charge is 0.414 e. The van der Waals surface area contributed by atoms with Gasteiger partial charge in [0.05, 0.1) is 0 Å². The molecule has 0 aromatic heterocycles. The van der Waals surface area contributed by atoms with Crippen LogP contribution in [0.4, 0.5) is 4.79 Å². The van der Waals surface area contributed by atoms with Gasteiger partial charge in [-0.1, -0.05) is 64.5 Å². The molecule has 0 fully saturated rings. The number of carbonyl (C=O) groups excluding carboxylic acids is 2. The summed E-state index contributed by atoms with van der Waals surface area (Å²) in [7, 11) is -0.821. The quantitative estimate of drug-likeness (QED) is 0.217. The van der Waals surface area contributed by atoms with Gasteiger partial charge >= 0.3 is 22.3 Å². The number of esters is 1. The number of ether oxygens (including phenoxy) is 2. The molecule has 0 aliphatic carbocycles. The second kappa shape index (κ2) is 16.5. The van der Waals surface area contributed by atoms with Crippen molar-refractivity contribution in [3.63, 3.8) is 0 Å². The van der Waals surface area contributed by atoms with Gasteiger partial charge in [0.1, 0.15) is 11.4 Å². The summed E-state index contributed by atoms with van der Waals surface area (Å²) in [6, 6.07) is 5.70. The fraction of sp³-hybridized carbons (Fsp3) is 0.667. The van der Waals surface area contributed by atoms with Gasteiger partial charge in [0.25, 0.3) is 0 Å². The number of benzene rings is 1. The van der Waals surface area contributed by atoms with Crippen molar-refractivity contribution in [2.24, 2.45) is 9.39 Å². The molecule has 1 N–H and O–H groups in total. The van der Waals surface area contributed by atoms with Gasteiger partial charge in [-0.2, -0.15) is 8.42 Å². The monoisotopic (exact) mass is 607 g/mol. The van der Waals surface area contributed by atoms with Crippen LogP contribution < -0.4 is 9.46 Å². The van der Waals surface area contributed by atoms with E-state index in [1.807, 2.05) is 4.90 Å². The maximum Gasteiger partial charge on any atom is 0.414 e. The van der Waals surface area contributed by atoms with Crippen LogP contribution in [-0.2, 0) is 26.2 Å². The molecule has 0 saturated carbocycles. The zero-order chi connectivity index (χ0) is 31.3. The highest BCUT2D eigenvalue weighted by atomic mass is 32.2. The van der Waals surface area contributed by atoms with Crippen LogP contribution in [-0.4, -0.2) is 80.8 Å². The third-order valence-corrected chi connectivity index (χ3v) is 7.26. The Balaban J connectivity index is 2.39. The SMILES string of the molecule is CCCCCCN(CCCCCC)C1=NS(=O)(=O)NC1=N[C@@H](Cc1ccc(OC(=O)N(C)C)cc1)C(=O)OC(C)(C)C. The molecule has 1 aromatic carbocycles. The second-order valence-corrected chi connectivity index (χ2v) is 13.1. The first-order valence-corrected chi connectivity index (χ1v) is 16.4. The Labute approximate surface area is 251 Å². The predicted molar refractivity (Wildman–Crippen MR) is 166 cm³/mol. The molecular formula is C30H49N5O6S. The molecule has 1 aromatic rings. The number of rotatable bonds is 15. The highest BCUT2D eigenvalue weighted by Gasteiger charge is 2.33. The van der Waals surface area contributed by atoms with Crippen LogP contribution in [0, 0.1) is 0 Å². The van der Waals surface area contributed by atoms with Crippen molar-refractivity contribution in [1.29, 1.82) is 0 Å². The second-order valence-electron chi connectivity index (χ2n) is 11.7. The minimum absolute atomic E-state index is 0.0494. The van der Waals surface area contributed by atoms with E-state index < -0.39 is 33.9 Å². The molecule has 0 unspecified atom stereocenters. The maximum atomic E-state index is 13.3. The fourth-order valence-corrected chi connectivity index (χ4v) is 5.10. The van der Waals surface area contributed by atoms with E-state index in [1.54, 1.807) is 59.1 Å². The van der Waals surface area contributed by atoms with Crippen molar-refractivity contribution < 1.29 is 27.5 Å². The van der Waals surface area contributed by atoms with Gasteiger partial charge in [0, 0.05) is 33.6 Å². The summed E-state index contributed by atoms with van der Waals surface area (Å²) < 4.78 is 42.7. The number of hydrogen-bond donors (Lipinski definition) is 1. The van der Waals surface area contributed by atoms with Crippen LogP contribution in [0.1, 0.15) is 91.5 Å². The van der Waals surface area contributed by atoms with Crippen LogP contribution in [0.5, 0.6) is 5.75 Å². The molecule has 11 nitrogen and oxygen atoms in total. The summed E-state index contributed by atoms with van der Waals surface area (Å²) in [5.74, 6) is 0.0641. The van der Waals surface area contributed by atoms with Crippen molar-refractivity contribution >= 4 is 33.9 Å². The Kier molecular flexibility index (Phi) is 13.8. The number of hydrogen-bond acceptors (Lipinski definition) is 8. The number of carbonyl (C=O) groups is 2. The van der Waals surface area contributed by atoms with Gasteiger partial charge in [0.15, 0.2) is 17.7 Å². The molecule has 1 atom stereocenters. The van der Waals surface area contributed by atoms with E-state index in [0.29, 0.717) is 18.8 Å². The van der Waals surface area contributed by atoms with Crippen molar-refractivity contribution in [3.05, 3.63) is 29.8 Å². The molecule has 2 rings (SSSR count). The molecule has 0 radical (unpaired) electrons. The van der Waals surface area contributed by atoms with E-state index in [-0.39, 0.29) is 18.1 Å². The molecule has 0 bridgehead atoms. The fourth-order valence-electron chi connectivity index (χ4n) is 4.24. The van der Waals surface area contributed by atoms with E-state index in [1.165, 1.54) is 4.90 Å². The molecule has 1 heterocycles. The Hall–Kier alpha value is -3.15. The Morgan fingerprint density at radius 2 is 1.52 bits per heavy atom. The van der Waals surface area contributed by atoms with Crippen LogP contribution in [0.15, 0.2) is 33.7 Å². The standard InChI is InChI=1S/C30H49N5O6S/c1-8-10-12-14-20-35(21-15-13-11-9-2)27-26(32-42(38,39)33-27)31-25(28(36)41-30(3,4)5)22-23-16-18-24(19-17-23)40-29(37)34(6)7/h16-19,25H,8-15,20-22H2,1-7H3,(H,31,32)/t25-/m0/s1. The Morgan fingerprint density at radius 1 is 0.952 bits per heavy atom. The molecule has 12 heteroatoms. The molecule has 1 aliphatic rings. The van der Waals surface area contributed by atoms with Crippen molar-refractivity contribution in [2.45, 2.75) is 104 Å². The van der Waals surface area contributed by atoms with E-state index in [9.17, 15) is 18.0 Å². The third-order valence-electron chi connectivity index (χ3n) is 6.39. The first-order valence-electron chi connectivity index (χ1n) is 14.9. The lowest BCUT2D eigenvalue weighted by Crippen LogP contribution is -2.42. The first-order chi connectivity index (χ1) is 19.7. The van der Waals surface area contributed by atoms with Crippen molar-refractivity contribution in [1.82, 2.24) is 14.5 Å². The Morgan fingerprint density at radius 3 is 2.02 bits per heavy atom. The highest BCUT2D eigenvalue weighted by Crippen LogP contribution is 2.19. The number of unbranched alkanes of at least 4 members (excludes halogenated alkanes) is 6. The van der Waals surface area contributed by atoms with Gasteiger partial charge in [0.2, 0.25) is 0 Å². The lowest BCUT2D eigenvalue weighted by molar-refractivity contribution is -0.156. The molecule has 1 aliphatic heterocycles. The van der Waals surface area contributed by atoms with Gasteiger partial charge in [-0.05, 0) is 51.3 Å². The van der Waals surface area contributed by atoms with Crippen LogP contribution in [0.3, 0.4) is 0 Å². The van der Waals surface area contributed by atoms with Gasteiger partial charge in [-0.3, -0.25) is 0 Å². The molecule has 0 saturated heterocycles. The normalized spacial score (nSPS) is 16.0. The summed E-state index contributed by atoms with van der Waals surface area (Å²) >= 11 is 0. The maximum absolute atomic E-state index is 13.3. The van der Waals surface area contributed by atoms with Gasteiger partial charge in [-0.25, -0.2) is 19.3 Å². The van der Waals surface area contributed by atoms with Crippen molar-refractivity contribution in [2.75, 3.05) is 27.2 Å². The number of aliphatic imine (C=N–C) groups is 1. The van der Waals surface area contributed by atoms with Gasteiger partial charge < -0.3 is 19.3 Å². The third kappa shape index (κ3) is 12.4. The number of amidine groups is 2. The summed E-state index contributed by atoms with van der Waals surface area (Å²) in [5.41, 5.74) is -0.0358. The highest BCUT2D eigenvalue weighted by molar-refractivity contribution is 7.89. The summed E-state index contributed by atoms with van der Waals surface area (Å²) in [5, 5.41) is 0. The predicted octanol–water partition coefficient (Wildman–Crippen LogP) is 5.11. The van der Waals surface area contributed by atoms with E-state index in [0.717, 1.165) is 56.9 Å². The lowest BCUT2D eigenvalue weighted by atomic mass is 10.1. The van der Waals surface area contributed by atoms with E-state index >= 15 is 0 Å². The number of amides is 1. The molecular weight excluding hydrogens is 558 g/mol. The summed E-state index contributed by atoms with van der Waals surface area (Å²) in [4.78, 5) is 33.1. The summed E-state index contributed by atoms with van der Waals surface area (Å²) in [6.07, 6.45) is 7.88. The zero-order valence-corrected chi connectivity index (χ0v) is 27.1. The largest absolute Gasteiger partial charge is 0.458 e. The number of nitrogens with zero attached hydrogens (tertiary/aromatic N) is 4. The van der Waals surface area contributed by atoms with Crippen LogP contribution >= 0.6 is 0 Å². The molecule has 236 valence electrons. The first kappa shape index (κ1) is 35.0. The number of nitrogens with one attached hydrogen (secondary N) is 1. The average Bonchev–Trinajstić information content (AvgIpc) is 3.21. The molecule has 0 spiro atoms. The lowest BCUT2D eigenvalue weighted by Gasteiger charge is -2.25. The van der Waals surface area contributed by atoms with E-state index in [2.05, 4.69) is 28.0 Å². The zero-order valence-electron chi connectivity index (χ0n) is 26.3. The van der Waals surface area contributed by atoms with Crippen molar-refractivity contribution in [3.8, 4) is 5.75 Å². The minimum atomic E-state index is -4.00. The Bertz CT molecular complexity index is 1180. The topological polar surface area (TPSA) is 130 Å².